The first-order chi connectivity index (χ1) is 10.5. The lowest BCUT2D eigenvalue weighted by atomic mass is 9.88. The average molecular weight is 300 g/mol. The van der Waals surface area contributed by atoms with E-state index in [-0.39, 0.29) is 22.6 Å². The topological polar surface area (TPSA) is 59.7 Å². The van der Waals surface area contributed by atoms with Crippen LogP contribution in [0, 0.1) is 0 Å². The van der Waals surface area contributed by atoms with Gasteiger partial charge in [0, 0.05) is 10.9 Å². The molecule has 22 heavy (non-hydrogen) atoms. The van der Waals surface area contributed by atoms with Crippen LogP contribution in [0.15, 0.2) is 15.3 Å². The van der Waals surface area contributed by atoms with Crippen LogP contribution in [0.3, 0.4) is 0 Å². The Morgan fingerprint density at radius 1 is 1.14 bits per heavy atom. The van der Waals surface area contributed by atoms with Crippen molar-refractivity contribution in [2.75, 3.05) is 0 Å². The monoisotopic (exact) mass is 300 g/mol. The van der Waals surface area contributed by atoms with Gasteiger partial charge >= 0.3 is 5.63 Å². The summed E-state index contributed by atoms with van der Waals surface area (Å²) in [5.74, 6) is 0.452. The summed E-state index contributed by atoms with van der Waals surface area (Å²) in [6.07, 6.45) is 5.52. The highest BCUT2D eigenvalue weighted by molar-refractivity contribution is 5.90. The summed E-state index contributed by atoms with van der Waals surface area (Å²) < 4.78 is 11.4. The molecule has 116 valence electrons. The molecule has 1 aromatic heterocycles. The minimum absolute atomic E-state index is 0.0225. The number of hydrogen-bond donors (Lipinski definition) is 1. The van der Waals surface area contributed by atoms with Gasteiger partial charge in [0.25, 0.3) is 0 Å². The summed E-state index contributed by atoms with van der Waals surface area (Å²) in [6.45, 7) is 4.01. The third kappa shape index (κ3) is 1.93. The lowest BCUT2D eigenvalue weighted by molar-refractivity contribution is 0.0808. The number of ether oxygens (including phenoxy) is 1. The van der Waals surface area contributed by atoms with Crippen LogP contribution in [-0.4, -0.2) is 10.7 Å². The van der Waals surface area contributed by atoms with Gasteiger partial charge in [0.15, 0.2) is 11.3 Å². The van der Waals surface area contributed by atoms with E-state index < -0.39 is 0 Å². The molecule has 1 aliphatic carbocycles. The first-order valence-corrected chi connectivity index (χ1v) is 7.99. The average Bonchev–Trinajstić information content (AvgIpc) is 2.49. The Morgan fingerprint density at radius 3 is 2.64 bits per heavy atom. The molecule has 0 saturated heterocycles. The molecule has 0 amide bonds. The molecule has 4 rings (SSSR count). The Morgan fingerprint density at radius 2 is 1.86 bits per heavy atom. The number of rotatable bonds is 0. The molecule has 4 nitrogen and oxygen atoms in total. The van der Waals surface area contributed by atoms with E-state index in [9.17, 15) is 9.90 Å². The molecule has 0 saturated carbocycles. The molecule has 1 aromatic carbocycles. The quantitative estimate of drug-likeness (QED) is 0.757. The van der Waals surface area contributed by atoms with E-state index in [0.717, 1.165) is 60.6 Å². The Kier molecular flexibility index (Phi) is 2.80. The van der Waals surface area contributed by atoms with Crippen molar-refractivity contribution in [3.05, 3.63) is 33.2 Å². The Hall–Kier alpha value is -1.97. The predicted molar refractivity (Wildman–Crippen MR) is 83.8 cm³/mol. The molecule has 2 aliphatic rings. The SMILES string of the molecule is CC1(C)CCc2cc3c4c(c(=O)oc3c(O)c2O1)CCCC4. The summed E-state index contributed by atoms with van der Waals surface area (Å²) in [5, 5.41) is 11.5. The normalized spacial score (nSPS) is 19.4. The van der Waals surface area contributed by atoms with Crippen LogP contribution in [0.25, 0.3) is 11.0 Å². The van der Waals surface area contributed by atoms with Gasteiger partial charge in [-0.1, -0.05) is 0 Å². The lowest BCUT2D eigenvalue weighted by Crippen LogP contribution is -2.32. The fourth-order valence-corrected chi connectivity index (χ4v) is 3.66. The number of aryl methyl sites for hydroxylation is 2. The van der Waals surface area contributed by atoms with Gasteiger partial charge in [-0.15, -0.1) is 0 Å². The van der Waals surface area contributed by atoms with Crippen molar-refractivity contribution in [3.8, 4) is 11.5 Å². The van der Waals surface area contributed by atoms with Crippen LogP contribution in [0.2, 0.25) is 0 Å². The van der Waals surface area contributed by atoms with Crippen LogP contribution >= 0.6 is 0 Å². The zero-order chi connectivity index (χ0) is 15.5. The second-order valence-corrected chi connectivity index (χ2v) is 7.01. The zero-order valence-electron chi connectivity index (χ0n) is 13.0. The highest BCUT2D eigenvalue weighted by Gasteiger charge is 2.31. The fraction of sp³-hybridized carbons (Fsp3) is 0.500. The van der Waals surface area contributed by atoms with Crippen molar-refractivity contribution >= 4 is 11.0 Å². The molecule has 0 fully saturated rings. The standard InChI is InChI=1S/C18H20O4/c1-18(2)8-7-10-9-13-11-5-3-4-6-12(11)17(20)21-16(13)14(19)15(10)22-18/h9,19H,3-8H2,1-2H3. The third-order valence-electron chi connectivity index (χ3n) is 4.89. The van der Waals surface area contributed by atoms with Crippen molar-refractivity contribution < 1.29 is 14.3 Å². The molecule has 4 heteroatoms. The highest BCUT2D eigenvalue weighted by atomic mass is 16.5. The highest BCUT2D eigenvalue weighted by Crippen LogP contribution is 2.45. The molecule has 2 heterocycles. The lowest BCUT2D eigenvalue weighted by Gasteiger charge is -2.33. The summed E-state index contributed by atoms with van der Waals surface area (Å²) in [4.78, 5) is 12.2. The summed E-state index contributed by atoms with van der Waals surface area (Å²) in [7, 11) is 0. The van der Waals surface area contributed by atoms with Gasteiger partial charge in [0.05, 0.1) is 0 Å². The number of hydrogen-bond acceptors (Lipinski definition) is 4. The van der Waals surface area contributed by atoms with Gasteiger partial charge < -0.3 is 14.3 Å². The second kappa shape index (κ2) is 4.51. The Bertz CT molecular complexity index is 829. The molecular weight excluding hydrogens is 280 g/mol. The molecule has 1 N–H and O–H groups in total. The Balaban J connectivity index is 2.04. The van der Waals surface area contributed by atoms with E-state index in [2.05, 4.69) is 0 Å². The fourth-order valence-electron chi connectivity index (χ4n) is 3.66. The summed E-state index contributed by atoms with van der Waals surface area (Å²) in [6, 6.07) is 2.05. The minimum atomic E-state index is -0.313. The first kappa shape index (κ1) is 13.7. The number of fused-ring (bicyclic) bond motifs is 4. The zero-order valence-corrected chi connectivity index (χ0v) is 13.0. The van der Waals surface area contributed by atoms with E-state index in [0.29, 0.717) is 5.75 Å². The number of phenols is 1. The van der Waals surface area contributed by atoms with Crippen LogP contribution in [-0.2, 0) is 19.3 Å². The van der Waals surface area contributed by atoms with Crippen molar-refractivity contribution in [1.29, 1.82) is 0 Å². The third-order valence-corrected chi connectivity index (χ3v) is 4.89. The van der Waals surface area contributed by atoms with E-state index in [1.54, 1.807) is 0 Å². The van der Waals surface area contributed by atoms with Gasteiger partial charge in [0.2, 0.25) is 5.75 Å². The van der Waals surface area contributed by atoms with E-state index in [1.165, 1.54) is 0 Å². The van der Waals surface area contributed by atoms with Crippen molar-refractivity contribution in [2.45, 2.75) is 58.0 Å². The molecule has 1 aliphatic heterocycles. The molecule has 0 bridgehead atoms. The van der Waals surface area contributed by atoms with E-state index >= 15 is 0 Å². The number of benzene rings is 1. The van der Waals surface area contributed by atoms with Gasteiger partial charge in [-0.05, 0) is 69.6 Å². The molecular formula is C18H20O4. The molecule has 0 radical (unpaired) electrons. The predicted octanol–water partition coefficient (Wildman–Crippen LogP) is 3.48. The maximum absolute atomic E-state index is 12.2. The second-order valence-electron chi connectivity index (χ2n) is 7.01. The van der Waals surface area contributed by atoms with E-state index in [4.69, 9.17) is 9.15 Å². The maximum Gasteiger partial charge on any atom is 0.339 e. The van der Waals surface area contributed by atoms with Crippen molar-refractivity contribution in [2.24, 2.45) is 0 Å². The number of phenolic OH excluding ortho intramolecular Hbond substituents is 1. The molecule has 0 spiro atoms. The van der Waals surface area contributed by atoms with Gasteiger partial charge in [0.1, 0.15) is 5.60 Å². The summed E-state index contributed by atoms with van der Waals surface area (Å²) >= 11 is 0. The largest absolute Gasteiger partial charge is 0.502 e. The molecule has 2 aromatic rings. The van der Waals surface area contributed by atoms with Crippen molar-refractivity contribution in [1.82, 2.24) is 0 Å². The first-order valence-electron chi connectivity index (χ1n) is 7.99. The minimum Gasteiger partial charge on any atom is -0.502 e. The van der Waals surface area contributed by atoms with Gasteiger partial charge in [-0.2, -0.15) is 0 Å². The molecule has 0 unspecified atom stereocenters. The smallest absolute Gasteiger partial charge is 0.339 e. The van der Waals surface area contributed by atoms with Gasteiger partial charge in [-0.25, -0.2) is 4.79 Å². The number of aromatic hydroxyl groups is 1. The van der Waals surface area contributed by atoms with Crippen LogP contribution in [0.5, 0.6) is 11.5 Å². The Labute approximate surface area is 128 Å². The van der Waals surface area contributed by atoms with Gasteiger partial charge in [-0.3, -0.25) is 0 Å². The van der Waals surface area contributed by atoms with E-state index in [1.807, 2.05) is 19.9 Å². The van der Waals surface area contributed by atoms with Crippen LogP contribution in [0.1, 0.15) is 49.8 Å². The maximum atomic E-state index is 12.2. The molecule has 0 atom stereocenters. The van der Waals surface area contributed by atoms with Crippen LogP contribution < -0.4 is 10.4 Å². The van der Waals surface area contributed by atoms with Crippen LogP contribution in [0.4, 0.5) is 0 Å². The summed E-state index contributed by atoms with van der Waals surface area (Å²) in [5.41, 5.74) is 2.50. The van der Waals surface area contributed by atoms with Crippen molar-refractivity contribution in [3.63, 3.8) is 0 Å².